The summed E-state index contributed by atoms with van der Waals surface area (Å²) in [4.78, 5) is 13.3. The van der Waals surface area contributed by atoms with Gasteiger partial charge in [0.2, 0.25) is 5.91 Å². The van der Waals surface area contributed by atoms with Gasteiger partial charge in [-0.25, -0.2) is 4.39 Å². The van der Waals surface area contributed by atoms with Crippen LogP contribution in [-0.4, -0.2) is 26.0 Å². The van der Waals surface area contributed by atoms with Crippen molar-refractivity contribution in [2.24, 2.45) is 5.73 Å². The highest BCUT2D eigenvalue weighted by molar-refractivity contribution is 5.81. The zero-order valence-electron chi connectivity index (χ0n) is 10.9. The molecule has 0 radical (unpaired) electrons. The lowest BCUT2D eigenvalue weighted by Crippen LogP contribution is -2.36. The van der Waals surface area contributed by atoms with E-state index in [0.717, 1.165) is 12.0 Å². The van der Waals surface area contributed by atoms with E-state index in [2.05, 4.69) is 5.32 Å². The van der Waals surface area contributed by atoms with Gasteiger partial charge in [0.1, 0.15) is 5.82 Å². The molecule has 0 unspecified atom stereocenters. The normalized spacial score (nSPS) is 10.2. The van der Waals surface area contributed by atoms with Crippen molar-refractivity contribution in [2.75, 3.05) is 25.0 Å². The number of likely N-dealkylation sites (N-methyl/N-ethyl adjacent to an activating group) is 1. The van der Waals surface area contributed by atoms with Gasteiger partial charge in [0, 0.05) is 25.8 Å². The van der Waals surface area contributed by atoms with E-state index in [9.17, 15) is 9.18 Å². The first-order valence-corrected chi connectivity index (χ1v) is 6.05. The van der Waals surface area contributed by atoms with Crippen LogP contribution in [0, 0.1) is 5.82 Å². The zero-order valence-corrected chi connectivity index (χ0v) is 10.9. The van der Waals surface area contributed by atoms with Gasteiger partial charge in [0.25, 0.3) is 0 Å². The predicted octanol–water partition coefficient (Wildman–Crippen LogP) is 1.25. The van der Waals surface area contributed by atoms with Gasteiger partial charge in [-0.2, -0.15) is 0 Å². The highest BCUT2D eigenvalue weighted by atomic mass is 19.1. The lowest BCUT2D eigenvalue weighted by molar-refractivity contribution is -0.119. The second kappa shape index (κ2) is 6.96. The van der Waals surface area contributed by atoms with E-state index in [1.54, 1.807) is 7.05 Å². The third-order valence-electron chi connectivity index (χ3n) is 2.65. The van der Waals surface area contributed by atoms with Crippen molar-refractivity contribution in [1.29, 1.82) is 0 Å². The van der Waals surface area contributed by atoms with Gasteiger partial charge in [-0.15, -0.1) is 0 Å². The van der Waals surface area contributed by atoms with Gasteiger partial charge in [0.15, 0.2) is 0 Å². The van der Waals surface area contributed by atoms with Crippen LogP contribution in [0.3, 0.4) is 0 Å². The van der Waals surface area contributed by atoms with E-state index in [-0.39, 0.29) is 24.8 Å². The molecular weight excluding hydrogens is 233 g/mol. The molecule has 0 aliphatic heterocycles. The standard InChI is InChI=1S/C13H20FN3O/c1-3-4-17(9-13(18)16-2)12-6-10(8-15)5-11(14)7-12/h5-7H,3-4,8-9,15H2,1-2H3,(H,16,18). The molecule has 0 aromatic heterocycles. The fourth-order valence-corrected chi connectivity index (χ4v) is 1.76. The fraction of sp³-hybridized carbons (Fsp3) is 0.462. The predicted molar refractivity (Wildman–Crippen MR) is 70.9 cm³/mol. The summed E-state index contributed by atoms with van der Waals surface area (Å²) >= 11 is 0. The van der Waals surface area contributed by atoms with Gasteiger partial charge >= 0.3 is 0 Å². The maximum Gasteiger partial charge on any atom is 0.239 e. The molecule has 0 aliphatic rings. The number of hydrogen-bond acceptors (Lipinski definition) is 3. The Labute approximate surface area is 107 Å². The Morgan fingerprint density at radius 3 is 2.72 bits per heavy atom. The first kappa shape index (κ1) is 14.4. The van der Waals surface area contributed by atoms with Crippen LogP contribution in [-0.2, 0) is 11.3 Å². The van der Waals surface area contributed by atoms with Crippen LogP contribution in [0.2, 0.25) is 0 Å². The summed E-state index contributed by atoms with van der Waals surface area (Å²) in [5, 5.41) is 2.57. The largest absolute Gasteiger partial charge is 0.362 e. The minimum absolute atomic E-state index is 0.0954. The van der Waals surface area contributed by atoms with Crippen LogP contribution < -0.4 is 16.0 Å². The molecule has 3 N–H and O–H groups in total. The number of nitrogens with zero attached hydrogens (tertiary/aromatic N) is 1. The number of amides is 1. The third-order valence-corrected chi connectivity index (χ3v) is 2.65. The first-order chi connectivity index (χ1) is 8.60. The number of rotatable bonds is 6. The van der Waals surface area contributed by atoms with E-state index < -0.39 is 0 Å². The minimum atomic E-state index is -0.328. The number of anilines is 1. The molecule has 0 bridgehead atoms. The van der Waals surface area contributed by atoms with Crippen molar-refractivity contribution < 1.29 is 9.18 Å². The number of carbonyl (C=O) groups excluding carboxylic acids is 1. The van der Waals surface area contributed by atoms with Crippen LogP contribution in [0.15, 0.2) is 18.2 Å². The molecule has 0 saturated heterocycles. The smallest absolute Gasteiger partial charge is 0.239 e. The van der Waals surface area contributed by atoms with E-state index >= 15 is 0 Å². The number of carbonyl (C=O) groups is 1. The zero-order chi connectivity index (χ0) is 13.5. The number of nitrogens with one attached hydrogen (secondary N) is 1. The highest BCUT2D eigenvalue weighted by Gasteiger charge is 2.11. The van der Waals surface area contributed by atoms with Crippen LogP contribution in [0.25, 0.3) is 0 Å². The van der Waals surface area contributed by atoms with Crippen LogP contribution in [0.1, 0.15) is 18.9 Å². The van der Waals surface area contributed by atoms with E-state index in [0.29, 0.717) is 12.2 Å². The van der Waals surface area contributed by atoms with Crippen LogP contribution in [0.4, 0.5) is 10.1 Å². The van der Waals surface area contributed by atoms with Gasteiger partial charge < -0.3 is 16.0 Å². The van der Waals surface area contributed by atoms with Crippen molar-refractivity contribution >= 4 is 11.6 Å². The summed E-state index contributed by atoms with van der Waals surface area (Å²) < 4.78 is 13.5. The highest BCUT2D eigenvalue weighted by Crippen LogP contribution is 2.18. The quantitative estimate of drug-likeness (QED) is 0.802. The minimum Gasteiger partial charge on any atom is -0.362 e. The molecule has 1 rings (SSSR count). The molecule has 4 nitrogen and oxygen atoms in total. The molecule has 0 heterocycles. The Balaban J connectivity index is 2.96. The molecule has 1 aromatic carbocycles. The summed E-state index contributed by atoms with van der Waals surface area (Å²) in [5.74, 6) is -0.423. The number of halogens is 1. The van der Waals surface area contributed by atoms with E-state index in [4.69, 9.17) is 5.73 Å². The second-order valence-electron chi connectivity index (χ2n) is 4.12. The van der Waals surface area contributed by atoms with E-state index in [1.165, 1.54) is 12.1 Å². The fourth-order valence-electron chi connectivity index (χ4n) is 1.76. The second-order valence-corrected chi connectivity index (χ2v) is 4.12. The molecule has 0 atom stereocenters. The number of benzene rings is 1. The van der Waals surface area contributed by atoms with Crippen molar-refractivity contribution in [1.82, 2.24) is 5.32 Å². The monoisotopic (exact) mass is 253 g/mol. The molecule has 0 spiro atoms. The molecule has 18 heavy (non-hydrogen) atoms. The van der Waals surface area contributed by atoms with Crippen LogP contribution in [0.5, 0.6) is 0 Å². The van der Waals surface area contributed by atoms with Crippen molar-refractivity contribution in [3.05, 3.63) is 29.6 Å². The Morgan fingerprint density at radius 1 is 1.44 bits per heavy atom. The van der Waals surface area contributed by atoms with Crippen molar-refractivity contribution in [3.63, 3.8) is 0 Å². The maximum atomic E-state index is 13.5. The van der Waals surface area contributed by atoms with Gasteiger partial charge in [-0.1, -0.05) is 6.92 Å². The molecule has 1 amide bonds. The molecular formula is C13H20FN3O. The summed E-state index contributed by atoms with van der Waals surface area (Å²) in [6, 6.07) is 4.66. The van der Waals surface area contributed by atoms with Crippen molar-refractivity contribution in [3.8, 4) is 0 Å². The molecule has 0 fully saturated rings. The Kier molecular flexibility index (Phi) is 5.58. The number of nitrogens with two attached hydrogens (primary N) is 1. The molecule has 0 aliphatic carbocycles. The summed E-state index contributed by atoms with van der Waals surface area (Å²) in [6.45, 7) is 3.21. The number of hydrogen-bond donors (Lipinski definition) is 2. The topological polar surface area (TPSA) is 58.4 Å². The molecule has 100 valence electrons. The van der Waals surface area contributed by atoms with Gasteiger partial charge in [0.05, 0.1) is 6.54 Å². The third kappa shape index (κ3) is 4.00. The Hall–Kier alpha value is -1.62. The van der Waals surface area contributed by atoms with E-state index in [1.807, 2.05) is 17.9 Å². The Morgan fingerprint density at radius 2 is 2.17 bits per heavy atom. The maximum absolute atomic E-state index is 13.5. The lowest BCUT2D eigenvalue weighted by atomic mass is 10.1. The molecule has 1 aromatic rings. The summed E-state index contributed by atoms with van der Waals surface area (Å²) in [5.41, 5.74) is 6.94. The summed E-state index contributed by atoms with van der Waals surface area (Å²) in [7, 11) is 1.59. The SMILES string of the molecule is CCCN(CC(=O)NC)c1cc(F)cc(CN)c1. The van der Waals surface area contributed by atoms with Gasteiger partial charge in [-0.3, -0.25) is 4.79 Å². The van der Waals surface area contributed by atoms with Crippen molar-refractivity contribution in [2.45, 2.75) is 19.9 Å². The van der Waals surface area contributed by atoms with Gasteiger partial charge in [-0.05, 0) is 30.2 Å². The first-order valence-electron chi connectivity index (χ1n) is 6.05. The van der Waals surface area contributed by atoms with Crippen LogP contribution >= 0.6 is 0 Å². The lowest BCUT2D eigenvalue weighted by Gasteiger charge is -2.24. The Bertz CT molecular complexity index is 409. The summed E-state index contributed by atoms with van der Waals surface area (Å²) in [6.07, 6.45) is 0.880. The molecule has 0 saturated carbocycles. The average Bonchev–Trinajstić information content (AvgIpc) is 2.37. The molecule has 5 heteroatoms. The average molecular weight is 253 g/mol.